The maximum Gasteiger partial charge on any atom is 0.337 e. The Labute approximate surface area is 214 Å². The molecule has 1 saturated heterocycles. The number of rotatable bonds is 6. The van der Waals surface area contributed by atoms with E-state index in [1.54, 1.807) is 12.1 Å². The van der Waals surface area contributed by atoms with Crippen LogP contribution < -0.4 is 4.90 Å². The molecule has 1 heterocycles. The molecule has 1 fully saturated rings. The van der Waals surface area contributed by atoms with E-state index >= 15 is 0 Å². The smallest absolute Gasteiger partial charge is 0.337 e. The molecule has 6 heteroatoms. The molecule has 0 unspecified atom stereocenters. The molecule has 1 aliphatic rings. The van der Waals surface area contributed by atoms with E-state index in [2.05, 4.69) is 43.0 Å². The van der Waals surface area contributed by atoms with Crippen molar-refractivity contribution in [1.82, 2.24) is 9.80 Å². The standard InChI is InChI=1S/C30H35N3O3/c1-22-9-8-12-28(17-22)33(21-26-13-15-27(16-14-26)29(34)36-4)30(35)31-18-23(2)32(24(3)19-31)20-25-10-6-5-7-11-25/h5-17,23-24H,18-21H2,1-4H3/t23-,24+. The number of carbonyl (C=O) groups is 2. The molecule has 0 aliphatic carbocycles. The van der Waals surface area contributed by atoms with E-state index in [0.29, 0.717) is 25.2 Å². The number of anilines is 1. The third kappa shape index (κ3) is 5.94. The molecule has 0 radical (unpaired) electrons. The normalized spacial score (nSPS) is 18.1. The van der Waals surface area contributed by atoms with E-state index in [1.165, 1.54) is 12.7 Å². The lowest BCUT2D eigenvalue weighted by molar-refractivity contribution is 0.0508. The molecule has 2 atom stereocenters. The van der Waals surface area contributed by atoms with Gasteiger partial charge in [0.1, 0.15) is 0 Å². The lowest BCUT2D eigenvalue weighted by Crippen LogP contribution is -2.59. The van der Waals surface area contributed by atoms with Crippen molar-refractivity contribution in [3.8, 4) is 0 Å². The van der Waals surface area contributed by atoms with Crippen molar-refractivity contribution in [2.24, 2.45) is 0 Å². The first-order valence-corrected chi connectivity index (χ1v) is 12.5. The number of nitrogens with zero attached hydrogens (tertiary/aromatic N) is 3. The van der Waals surface area contributed by atoms with Gasteiger partial charge in [-0.05, 0) is 61.7 Å². The fourth-order valence-electron chi connectivity index (χ4n) is 4.90. The Balaban J connectivity index is 1.54. The molecule has 3 aromatic rings. The van der Waals surface area contributed by atoms with Crippen molar-refractivity contribution >= 4 is 17.7 Å². The van der Waals surface area contributed by atoms with Gasteiger partial charge in [0.25, 0.3) is 0 Å². The zero-order valence-electron chi connectivity index (χ0n) is 21.6. The minimum Gasteiger partial charge on any atom is -0.465 e. The molecule has 36 heavy (non-hydrogen) atoms. The fourth-order valence-corrected chi connectivity index (χ4v) is 4.90. The molecule has 6 nitrogen and oxygen atoms in total. The number of ether oxygens (including phenoxy) is 1. The van der Waals surface area contributed by atoms with Crippen LogP contribution in [-0.4, -0.2) is 54.1 Å². The Hall–Kier alpha value is -3.64. The second kappa shape index (κ2) is 11.4. The first-order valence-electron chi connectivity index (χ1n) is 12.5. The summed E-state index contributed by atoms with van der Waals surface area (Å²) in [6, 6.07) is 26.2. The van der Waals surface area contributed by atoms with Crippen LogP contribution in [0.25, 0.3) is 0 Å². The summed E-state index contributed by atoms with van der Waals surface area (Å²) < 4.78 is 4.81. The highest BCUT2D eigenvalue weighted by Gasteiger charge is 2.34. The predicted molar refractivity (Wildman–Crippen MR) is 143 cm³/mol. The number of hydrogen-bond donors (Lipinski definition) is 0. The van der Waals surface area contributed by atoms with Crippen molar-refractivity contribution in [3.05, 3.63) is 101 Å². The summed E-state index contributed by atoms with van der Waals surface area (Å²) in [6.45, 7) is 9.04. The van der Waals surface area contributed by atoms with E-state index in [9.17, 15) is 9.59 Å². The molecule has 0 N–H and O–H groups in total. The second-order valence-corrected chi connectivity index (χ2v) is 9.66. The summed E-state index contributed by atoms with van der Waals surface area (Å²) in [5, 5.41) is 0. The Morgan fingerprint density at radius 2 is 1.56 bits per heavy atom. The number of urea groups is 1. The van der Waals surface area contributed by atoms with Crippen LogP contribution in [-0.2, 0) is 17.8 Å². The second-order valence-electron chi connectivity index (χ2n) is 9.66. The minimum atomic E-state index is -0.371. The van der Waals surface area contributed by atoms with Gasteiger partial charge in [-0.1, -0.05) is 54.6 Å². The van der Waals surface area contributed by atoms with E-state index < -0.39 is 0 Å². The van der Waals surface area contributed by atoms with Crippen LogP contribution >= 0.6 is 0 Å². The lowest BCUT2D eigenvalue weighted by Gasteiger charge is -2.45. The highest BCUT2D eigenvalue weighted by atomic mass is 16.5. The Morgan fingerprint density at radius 3 is 2.17 bits per heavy atom. The molecule has 0 aromatic heterocycles. The summed E-state index contributed by atoms with van der Waals surface area (Å²) in [4.78, 5) is 32.1. The lowest BCUT2D eigenvalue weighted by atomic mass is 10.1. The largest absolute Gasteiger partial charge is 0.465 e. The molecule has 0 saturated carbocycles. The third-order valence-corrected chi connectivity index (χ3v) is 6.84. The van der Waals surface area contributed by atoms with Crippen LogP contribution in [0, 0.1) is 6.92 Å². The number of methoxy groups -OCH3 is 1. The van der Waals surface area contributed by atoms with Crippen LogP contribution in [0.2, 0.25) is 0 Å². The van der Waals surface area contributed by atoms with Crippen LogP contribution in [0.5, 0.6) is 0 Å². The van der Waals surface area contributed by atoms with E-state index in [1.807, 2.05) is 59.2 Å². The van der Waals surface area contributed by atoms with Gasteiger partial charge in [0.2, 0.25) is 0 Å². The van der Waals surface area contributed by atoms with Gasteiger partial charge in [0.05, 0.1) is 19.2 Å². The van der Waals surface area contributed by atoms with Gasteiger partial charge in [-0.25, -0.2) is 9.59 Å². The highest BCUT2D eigenvalue weighted by Crippen LogP contribution is 2.25. The van der Waals surface area contributed by atoms with Gasteiger partial charge in [0, 0.05) is 37.4 Å². The van der Waals surface area contributed by atoms with E-state index in [4.69, 9.17) is 4.74 Å². The third-order valence-electron chi connectivity index (χ3n) is 6.84. The number of amides is 2. The summed E-state index contributed by atoms with van der Waals surface area (Å²) in [7, 11) is 1.37. The average molecular weight is 486 g/mol. The molecule has 3 aromatic carbocycles. The average Bonchev–Trinajstić information content (AvgIpc) is 2.89. The Kier molecular flexibility index (Phi) is 8.06. The van der Waals surface area contributed by atoms with Gasteiger partial charge in [-0.2, -0.15) is 0 Å². The number of benzene rings is 3. The maximum absolute atomic E-state index is 14.0. The minimum absolute atomic E-state index is 0.00398. The van der Waals surface area contributed by atoms with Crippen molar-refractivity contribution in [3.63, 3.8) is 0 Å². The molecular formula is C30H35N3O3. The SMILES string of the molecule is COC(=O)c1ccc(CN(C(=O)N2C[C@@H](C)N(Cc3ccccc3)[C@@H](C)C2)c2cccc(C)c2)cc1. The fraction of sp³-hybridized carbons (Fsp3) is 0.333. The van der Waals surface area contributed by atoms with Crippen molar-refractivity contribution in [2.75, 3.05) is 25.1 Å². The van der Waals surface area contributed by atoms with Crippen LogP contribution in [0.15, 0.2) is 78.9 Å². The summed E-state index contributed by atoms with van der Waals surface area (Å²) in [6.07, 6.45) is 0. The van der Waals surface area contributed by atoms with E-state index in [-0.39, 0.29) is 24.1 Å². The van der Waals surface area contributed by atoms with E-state index in [0.717, 1.165) is 23.4 Å². The highest BCUT2D eigenvalue weighted by molar-refractivity contribution is 5.92. The maximum atomic E-state index is 14.0. The van der Waals surface area contributed by atoms with Crippen molar-refractivity contribution < 1.29 is 14.3 Å². The van der Waals surface area contributed by atoms with Gasteiger partial charge in [-0.15, -0.1) is 0 Å². The molecule has 0 spiro atoms. The van der Waals surface area contributed by atoms with Crippen molar-refractivity contribution in [2.45, 2.75) is 45.9 Å². The molecule has 4 rings (SSSR count). The monoisotopic (exact) mass is 485 g/mol. The summed E-state index contributed by atoms with van der Waals surface area (Å²) in [5.41, 5.74) is 4.69. The van der Waals surface area contributed by atoms with Gasteiger partial charge >= 0.3 is 12.0 Å². The topological polar surface area (TPSA) is 53.1 Å². The molecular weight excluding hydrogens is 450 g/mol. The number of aryl methyl sites for hydroxylation is 1. The van der Waals surface area contributed by atoms with Crippen molar-refractivity contribution in [1.29, 1.82) is 0 Å². The summed E-state index contributed by atoms with van der Waals surface area (Å²) >= 11 is 0. The molecule has 188 valence electrons. The number of esters is 1. The quantitative estimate of drug-likeness (QED) is 0.433. The van der Waals surface area contributed by atoms with Gasteiger partial charge in [-0.3, -0.25) is 9.80 Å². The Bertz CT molecular complexity index is 1170. The Morgan fingerprint density at radius 1 is 0.889 bits per heavy atom. The first kappa shape index (κ1) is 25.5. The molecule has 0 bridgehead atoms. The van der Waals surface area contributed by atoms with Crippen LogP contribution in [0.3, 0.4) is 0 Å². The molecule has 2 amide bonds. The van der Waals surface area contributed by atoms with Crippen LogP contribution in [0.1, 0.15) is 40.9 Å². The van der Waals surface area contributed by atoms with Crippen LogP contribution in [0.4, 0.5) is 10.5 Å². The zero-order chi connectivity index (χ0) is 25.7. The van der Waals surface area contributed by atoms with Gasteiger partial charge in [0.15, 0.2) is 0 Å². The first-order chi connectivity index (χ1) is 17.4. The number of carbonyl (C=O) groups excluding carboxylic acids is 2. The predicted octanol–water partition coefficient (Wildman–Crippen LogP) is 5.50. The zero-order valence-corrected chi connectivity index (χ0v) is 21.6. The molecule has 1 aliphatic heterocycles. The number of hydrogen-bond acceptors (Lipinski definition) is 4. The van der Waals surface area contributed by atoms with Gasteiger partial charge < -0.3 is 9.64 Å². The summed E-state index contributed by atoms with van der Waals surface area (Å²) in [5.74, 6) is -0.371. The number of piperazine rings is 1.